The van der Waals surface area contributed by atoms with Gasteiger partial charge in [0.05, 0.1) is 18.3 Å². The molecule has 3 nitrogen and oxygen atoms in total. The van der Waals surface area contributed by atoms with Gasteiger partial charge in [-0.2, -0.15) is 0 Å². The minimum Gasteiger partial charge on any atom is -0.497 e. The normalized spacial score (nSPS) is 14.1. The number of hydrogen-bond donors (Lipinski definition) is 0. The van der Waals surface area contributed by atoms with E-state index < -0.39 is 0 Å². The van der Waals surface area contributed by atoms with E-state index in [0.29, 0.717) is 10.9 Å². The lowest BCUT2D eigenvalue weighted by Gasteiger charge is -2.10. The van der Waals surface area contributed by atoms with Crippen LogP contribution < -0.4 is 4.74 Å². The Morgan fingerprint density at radius 1 is 1.17 bits per heavy atom. The summed E-state index contributed by atoms with van der Waals surface area (Å²) in [4.78, 5) is 12.4. The van der Waals surface area contributed by atoms with Crippen molar-refractivity contribution in [1.29, 1.82) is 0 Å². The van der Waals surface area contributed by atoms with Crippen LogP contribution in [-0.4, -0.2) is 17.6 Å². The monoisotopic (exact) mass is 339 g/mol. The number of aromatic nitrogens is 1. The van der Waals surface area contributed by atoms with E-state index >= 15 is 0 Å². The molecule has 0 saturated heterocycles. The average Bonchev–Trinajstić information content (AvgIpc) is 3.35. The average molecular weight is 340 g/mol. The molecule has 0 radical (unpaired) electrons. The molecule has 0 N–H and O–H groups in total. The minimum atomic E-state index is 0.0139. The van der Waals surface area contributed by atoms with Crippen molar-refractivity contribution >= 4 is 28.4 Å². The van der Waals surface area contributed by atoms with Crippen LogP contribution in [0.1, 0.15) is 36.0 Å². The van der Waals surface area contributed by atoms with Gasteiger partial charge in [0.1, 0.15) is 5.75 Å². The molecule has 4 rings (SSSR count). The highest BCUT2D eigenvalue weighted by molar-refractivity contribution is 6.31. The Labute approximate surface area is 145 Å². The van der Waals surface area contributed by atoms with Crippen LogP contribution in [0.25, 0.3) is 22.2 Å². The molecule has 1 aromatic heterocycles. The summed E-state index contributed by atoms with van der Waals surface area (Å²) in [5.41, 5.74) is 4.19. The number of carbonyl (C=O) groups excluding carboxylic acids is 1. The number of rotatable bonds is 3. The first-order chi connectivity index (χ1) is 11.6. The van der Waals surface area contributed by atoms with Crippen molar-refractivity contribution in [3.8, 4) is 17.0 Å². The van der Waals surface area contributed by atoms with E-state index in [0.717, 1.165) is 40.8 Å². The van der Waals surface area contributed by atoms with Gasteiger partial charge in [-0.15, -0.1) is 0 Å². The summed E-state index contributed by atoms with van der Waals surface area (Å²) in [6, 6.07) is 13.7. The molecule has 0 aliphatic heterocycles. The fourth-order valence-electron chi connectivity index (χ4n) is 3.43. The molecule has 1 aliphatic rings. The predicted octanol–water partition coefficient (Wildman–Crippen LogP) is 5.51. The minimum absolute atomic E-state index is 0.0139. The third-order valence-electron chi connectivity index (χ3n) is 4.63. The highest BCUT2D eigenvalue weighted by atomic mass is 35.5. The second-order valence-corrected chi connectivity index (χ2v) is 6.72. The Bertz CT molecular complexity index is 936. The van der Waals surface area contributed by atoms with Crippen LogP contribution in [0.3, 0.4) is 0 Å². The quantitative estimate of drug-likeness (QED) is 0.630. The maximum Gasteiger partial charge on any atom is 0.228 e. The highest BCUT2D eigenvalue weighted by Crippen LogP contribution is 2.49. The summed E-state index contributed by atoms with van der Waals surface area (Å²) in [6.07, 6.45) is 2.32. The van der Waals surface area contributed by atoms with Crippen LogP contribution >= 0.6 is 11.6 Å². The number of ether oxygens (including phenoxy) is 1. The Kier molecular flexibility index (Phi) is 3.61. The fraction of sp³-hybridized carbons (Fsp3) is 0.250. The van der Waals surface area contributed by atoms with Crippen molar-refractivity contribution in [3.63, 3.8) is 0 Å². The van der Waals surface area contributed by atoms with Crippen LogP contribution in [0.2, 0.25) is 5.02 Å². The number of hydrogen-bond acceptors (Lipinski definition) is 2. The summed E-state index contributed by atoms with van der Waals surface area (Å²) in [6.45, 7) is 1.61. The number of nitrogens with zero attached hydrogens (tertiary/aromatic N) is 1. The van der Waals surface area contributed by atoms with E-state index in [-0.39, 0.29) is 5.91 Å². The molecule has 122 valence electrons. The molecule has 1 fully saturated rings. The smallest absolute Gasteiger partial charge is 0.228 e. The Morgan fingerprint density at radius 2 is 1.88 bits per heavy atom. The second-order valence-electron chi connectivity index (χ2n) is 6.28. The van der Waals surface area contributed by atoms with E-state index in [1.807, 2.05) is 47.0 Å². The molecule has 3 aromatic rings. The number of methoxy groups -OCH3 is 1. The fourth-order valence-corrected chi connectivity index (χ4v) is 3.61. The first kappa shape index (κ1) is 15.3. The molecule has 2 aromatic carbocycles. The Morgan fingerprint density at radius 3 is 2.46 bits per heavy atom. The third-order valence-corrected chi connectivity index (χ3v) is 4.87. The van der Waals surface area contributed by atoms with Gasteiger partial charge in [-0.05, 0) is 72.4 Å². The van der Waals surface area contributed by atoms with E-state index in [9.17, 15) is 4.79 Å². The van der Waals surface area contributed by atoms with Crippen LogP contribution in [0, 0.1) is 0 Å². The molecule has 0 bridgehead atoms. The molecule has 0 spiro atoms. The summed E-state index contributed by atoms with van der Waals surface area (Å²) in [7, 11) is 1.65. The molecular formula is C20H18ClNO2. The van der Waals surface area contributed by atoms with E-state index in [1.54, 1.807) is 14.0 Å². The van der Waals surface area contributed by atoms with E-state index in [4.69, 9.17) is 16.3 Å². The van der Waals surface area contributed by atoms with Gasteiger partial charge in [-0.1, -0.05) is 11.6 Å². The van der Waals surface area contributed by atoms with Crippen molar-refractivity contribution in [3.05, 3.63) is 53.1 Å². The standard InChI is InChI=1S/C20H18ClNO2/c1-12(23)22-18-10-7-15(21)11-17(18)19(13-3-4-13)20(22)14-5-8-16(24-2)9-6-14/h5-11,13H,3-4H2,1-2H3. The lowest BCUT2D eigenvalue weighted by molar-refractivity contribution is 0.0943. The highest BCUT2D eigenvalue weighted by Gasteiger charge is 2.32. The van der Waals surface area contributed by atoms with Gasteiger partial charge in [0.25, 0.3) is 0 Å². The molecular weight excluding hydrogens is 322 g/mol. The van der Waals surface area contributed by atoms with Gasteiger partial charge in [0.15, 0.2) is 0 Å². The first-order valence-electron chi connectivity index (χ1n) is 8.09. The molecule has 0 amide bonds. The summed E-state index contributed by atoms with van der Waals surface area (Å²) >= 11 is 6.23. The number of halogens is 1. The van der Waals surface area contributed by atoms with Crippen LogP contribution in [0.5, 0.6) is 5.75 Å². The molecule has 4 heteroatoms. The van der Waals surface area contributed by atoms with Gasteiger partial charge in [0, 0.05) is 17.3 Å². The zero-order valence-corrected chi connectivity index (χ0v) is 14.4. The van der Waals surface area contributed by atoms with Gasteiger partial charge in [-0.3, -0.25) is 9.36 Å². The van der Waals surface area contributed by atoms with Crippen molar-refractivity contribution in [2.24, 2.45) is 0 Å². The van der Waals surface area contributed by atoms with Gasteiger partial charge in [0.2, 0.25) is 5.91 Å². The Balaban J connectivity index is 2.06. The van der Waals surface area contributed by atoms with Crippen LogP contribution in [0.4, 0.5) is 0 Å². The SMILES string of the molecule is COc1ccc(-c2c(C3CC3)c3cc(Cl)ccc3n2C(C)=O)cc1. The summed E-state index contributed by atoms with van der Waals surface area (Å²) in [5.74, 6) is 1.32. The molecule has 24 heavy (non-hydrogen) atoms. The van der Waals surface area contributed by atoms with E-state index in [1.165, 1.54) is 5.56 Å². The molecule has 0 unspecified atom stereocenters. The number of fused-ring (bicyclic) bond motifs is 1. The zero-order valence-electron chi connectivity index (χ0n) is 13.7. The van der Waals surface area contributed by atoms with Crippen molar-refractivity contribution in [1.82, 2.24) is 4.57 Å². The summed E-state index contributed by atoms with van der Waals surface area (Å²) < 4.78 is 7.08. The van der Waals surface area contributed by atoms with Crippen LogP contribution in [0.15, 0.2) is 42.5 Å². The summed E-state index contributed by atoms with van der Waals surface area (Å²) in [5, 5.41) is 1.79. The molecule has 1 saturated carbocycles. The maximum absolute atomic E-state index is 12.4. The third kappa shape index (κ3) is 2.40. The first-order valence-corrected chi connectivity index (χ1v) is 8.47. The lowest BCUT2D eigenvalue weighted by atomic mass is 10.0. The molecule has 1 heterocycles. The molecule has 0 atom stereocenters. The lowest BCUT2D eigenvalue weighted by Crippen LogP contribution is -2.07. The van der Waals surface area contributed by atoms with E-state index in [2.05, 4.69) is 0 Å². The van der Waals surface area contributed by atoms with Crippen molar-refractivity contribution < 1.29 is 9.53 Å². The van der Waals surface area contributed by atoms with Crippen molar-refractivity contribution in [2.75, 3.05) is 7.11 Å². The van der Waals surface area contributed by atoms with Gasteiger partial charge in [-0.25, -0.2) is 0 Å². The van der Waals surface area contributed by atoms with Gasteiger partial charge >= 0.3 is 0 Å². The van der Waals surface area contributed by atoms with Crippen LogP contribution in [-0.2, 0) is 0 Å². The largest absolute Gasteiger partial charge is 0.497 e. The zero-order chi connectivity index (χ0) is 16.8. The van der Waals surface area contributed by atoms with Gasteiger partial charge < -0.3 is 4.74 Å². The topological polar surface area (TPSA) is 31.2 Å². The maximum atomic E-state index is 12.4. The number of carbonyl (C=O) groups is 1. The predicted molar refractivity (Wildman–Crippen MR) is 97.2 cm³/mol. The van der Waals surface area contributed by atoms with Crippen molar-refractivity contribution in [2.45, 2.75) is 25.7 Å². The number of benzene rings is 2. The second kappa shape index (κ2) is 5.67. The molecule has 1 aliphatic carbocycles. The Hall–Kier alpha value is -2.26.